The summed E-state index contributed by atoms with van der Waals surface area (Å²) < 4.78 is 37.8. The first kappa shape index (κ1) is 15.9. The summed E-state index contributed by atoms with van der Waals surface area (Å²) in [6.07, 6.45) is 1.18. The summed E-state index contributed by atoms with van der Waals surface area (Å²) in [5.74, 6) is -2.05. The van der Waals surface area contributed by atoms with Crippen molar-refractivity contribution < 1.29 is 22.7 Å². The number of benzene rings is 1. The van der Waals surface area contributed by atoms with Crippen LogP contribution in [0.15, 0.2) is 18.2 Å². The number of sulfonamides is 1. The van der Waals surface area contributed by atoms with Gasteiger partial charge in [-0.05, 0) is 17.7 Å². The first-order valence-electron chi connectivity index (χ1n) is 6.46. The van der Waals surface area contributed by atoms with Gasteiger partial charge in [-0.3, -0.25) is 4.90 Å². The van der Waals surface area contributed by atoms with Crippen LogP contribution in [0.25, 0.3) is 0 Å². The summed E-state index contributed by atoms with van der Waals surface area (Å²) in [6.45, 7) is 2.42. The zero-order valence-corrected chi connectivity index (χ0v) is 12.4. The maximum atomic E-state index is 13.6. The van der Waals surface area contributed by atoms with Crippen LogP contribution < -0.4 is 0 Å². The Morgan fingerprint density at radius 2 is 1.90 bits per heavy atom. The fourth-order valence-corrected chi connectivity index (χ4v) is 3.13. The number of piperazine rings is 1. The normalized spacial score (nSPS) is 17.8. The maximum absolute atomic E-state index is 13.6. The number of hydrogen-bond donors (Lipinski definition) is 1. The number of carbonyl (C=O) groups is 1. The van der Waals surface area contributed by atoms with Gasteiger partial charge in [0.1, 0.15) is 5.82 Å². The first-order valence-corrected chi connectivity index (χ1v) is 8.31. The van der Waals surface area contributed by atoms with Crippen molar-refractivity contribution in [3.63, 3.8) is 0 Å². The van der Waals surface area contributed by atoms with Crippen LogP contribution in [-0.2, 0) is 16.6 Å². The molecule has 1 aliphatic rings. The molecular weight excluding hydrogens is 299 g/mol. The van der Waals surface area contributed by atoms with Crippen LogP contribution in [0.3, 0.4) is 0 Å². The molecule has 0 amide bonds. The predicted octanol–water partition coefficient (Wildman–Crippen LogP) is 0.601. The van der Waals surface area contributed by atoms with E-state index in [0.717, 1.165) is 0 Å². The summed E-state index contributed by atoms with van der Waals surface area (Å²) in [6, 6.07) is 4.04. The largest absolute Gasteiger partial charge is 0.478 e. The molecule has 1 saturated heterocycles. The second kappa shape index (κ2) is 6.08. The van der Waals surface area contributed by atoms with E-state index in [1.807, 2.05) is 4.90 Å². The molecular formula is C13H17FN2O4S. The minimum absolute atomic E-state index is 0.347. The van der Waals surface area contributed by atoms with Gasteiger partial charge in [0.15, 0.2) is 0 Å². The lowest BCUT2D eigenvalue weighted by atomic mass is 10.1. The average Bonchev–Trinajstić information content (AvgIpc) is 2.38. The molecule has 2 rings (SSSR count). The summed E-state index contributed by atoms with van der Waals surface area (Å²) >= 11 is 0. The Morgan fingerprint density at radius 1 is 1.29 bits per heavy atom. The van der Waals surface area contributed by atoms with Crippen molar-refractivity contribution in [3.8, 4) is 0 Å². The van der Waals surface area contributed by atoms with Crippen molar-refractivity contribution >= 4 is 16.0 Å². The van der Waals surface area contributed by atoms with Gasteiger partial charge in [-0.25, -0.2) is 17.6 Å². The van der Waals surface area contributed by atoms with Crippen molar-refractivity contribution in [2.75, 3.05) is 32.4 Å². The first-order chi connectivity index (χ1) is 9.77. The van der Waals surface area contributed by atoms with Gasteiger partial charge in [0, 0.05) is 32.7 Å². The van der Waals surface area contributed by atoms with Crippen molar-refractivity contribution in [1.29, 1.82) is 0 Å². The van der Waals surface area contributed by atoms with E-state index in [9.17, 15) is 17.6 Å². The van der Waals surface area contributed by atoms with Gasteiger partial charge in [0.25, 0.3) is 0 Å². The number of carboxylic acid groups (broad SMARTS) is 1. The SMILES string of the molecule is CS(=O)(=O)N1CCN(Cc2ccc(C(=O)O)c(F)c2)CC1. The molecule has 0 spiro atoms. The minimum atomic E-state index is -3.16. The van der Waals surface area contributed by atoms with E-state index in [4.69, 9.17) is 5.11 Å². The molecule has 0 unspecified atom stereocenters. The van der Waals surface area contributed by atoms with Crippen molar-refractivity contribution in [2.45, 2.75) is 6.54 Å². The molecule has 116 valence electrons. The third kappa shape index (κ3) is 3.99. The summed E-state index contributed by atoms with van der Waals surface area (Å²) in [5, 5.41) is 8.77. The molecule has 6 nitrogen and oxygen atoms in total. The Labute approximate surface area is 122 Å². The zero-order valence-electron chi connectivity index (χ0n) is 11.6. The highest BCUT2D eigenvalue weighted by atomic mass is 32.2. The molecule has 1 fully saturated rings. The number of aromatic carboxylic acids is 1. The Balaban J connectivity index is 1.98. The van der Waals surface area contributed by atoms with Crippen LogP contribution in [0.2, 0.25) is 0 Å². The monoisotopic (exact) mass is 316 g/mol. The lowest BCUT2D eigenvalue weighted by molar-refractivity contribution is 0.0692. The summed E-state index contributed by atoms with van der Waals surface area (Å²) in [5.41, 5.74) is 0.325. The number of halogens is 1. The van der Waals surface area contributed by atoms with Gasteiger partial charge in [-0.1, -0.05) is 6.07 Å². The molecule has 1 heterocycles. The molecule has 1 aromatic rings. The van der Waals surface area contributed by atoms with Gasteiger partial charge in [0.2, 0.25) is 10.0 Å². The average molecular weight is 316 g/mol. The third-order valence-corrected chi connectivity index (χ3v) is 4.77. The molecule has 1 aromatic carbocycles. The Kier molecular flexibility index (Phi) is 4.60. The van der Waals surface area contributed by atoms with E-state index in [0.29, 0.717) is 38.3 Å². The standard InChI is InChI=1S/C13H17FN2O4S/c1-21(19,20)16-6-4-15(5-7-16)9-10-2-3-11(13(17)18)12(14)8-10/h2-3,8H,4-7,9H2,1H3,(H,17,18). The molecule has 0 aromatic heterocycles. The highest BCUT2D eigenvalue weighted by Gasteiger charge is 2.23. The third-order valence-electron chi connectivity index (χ3n) is 3.47. The second-order valence-corrected chi connectivity index (χ2v) is 7.04. The van der Waals surface area contributed by atoms with Crippen molar-refractivity contribution in [1.82, 2.24) is 9.21 Å². The van der Waals surface area contributed by atoms with E-state index in [2.05, 4.69) is 0 Å². The van der Waals surface area contributed by atoms with Gasteiger partial charge in [-0.15, -0.1) is 0 Å². The van der Waals surface area contributed by atoms with Gasteiger partial charge < -0.3 is 5.11 Å². The lowest BCUT2D eigenvalue weighted by Gasteiger charge is -2.33. The molecule has 0 atom stereocenters. The molecule has 0 saturated carbocycles. The van der Waals surface area contributed by atoms with Crippen molar-refractivity contribution in [2.24, 2.45) is 0 Å². The number of rotatable bonds is 4. The Hall–Kier alpha value is -1.51. The molecule has 0 bridgehead atoms. The highest BCUT2D eigenvalue weighted by molar-refractivity contribution is 7.88. The molecule has 1 N–H and O–H groups in total. The van der Waals surface area contributed by atoms with Crippen LogP contribution in [0.5, 0.6) is 0 Å². The van der Waals surface area contributed by atoms with E-state index in [-0.39, 0.29) is 5.56 Å². The molecule has 0 aliphatic carbocycles. The van der Waals surface area contributed by atoms with Crippen molar-refractivity contribution in [3.05, 3.63) is 35.1 Å². The Morgan fingerprint density at radius 3 is 2.38 bits per heavy atom. The topological polar surface area (TPSA) is 77.9 Å². The lowest BCUT2D eigenvalue weighted by Crippen LogP contribution is -2.47. The minimum Gasteiger partial charge on any atom is -0.478 e. The second-order valence-electron chi connectivity index (χ2n) is 5.06. The number of hydrogen-bond acceptors (Lipinski definition) is 4. The van der Waals surface area contributed by atoms with Gasteiger partial charge in [0.05, 0.1) is 11.8 Å². The molecule has 8 heteroatoms. The highest BCUT2D eigenvalue weighted by Crippen LogP contribution is 2.14. The molecule has 21 heavy (non-hydrogen) atoms. The summed E-state index contributed by atoms with van der Waals surface area (Å²) in [7, 11) is -3.16. The Bertz CT molecular complexity index is 640. The van der Waals surface area contributed by atoms with Gasteiger partial charge >= 0.3 is 5.97 Å². The summed E-state index contributed by atoms with van der Waals surface area (Å²) in [4.78, 5) is 12.8. The molecule has 1 aliphatic heterocycles. The molecule has 0 radical (unpaired) electrons. The number of nitrogens with zero attached hydrogens (tertiary/aromatic N) is 2. The van der Waals surface area contributed by atoms with E-state index in [1.165, 1.54) is 22.7 Å². The van der Waals surface area contributed by atoms with E-state index < -0.39 is 21.8 Å². The predicted molar refractivity (Wildman–Crippen MR) is 75.1 cm³/mol. The van der Waals surface area contributed by atoms with E-state index in [1.54, 1.807) is 6.07 Å². The van der Waals surface area contributed by atoms with Crippen LogP contribution >= 0.6 is 0 Å². The smallest absolute Gasteiger partial charge is 0.338 e. The van der Waals surface area contributed by atoms with Crippen LogP contribution in [0.1, 0.15) is 15.9 Å². The maximum Gasteiger partial charge on any atom is 0.338 e. The fraction of sp³-hybridized carbons (Fsp3) is 0.462. The number of carboxylic acids is 1. The fourth-order valence-electron chi connectivity index (χ4n) is 2.31. The van der Waals surface area contributed by atoms with Crippen LogP contribution in [0.4, 0.5) is 4.39 Å². The van der Waals surface area contributed by atoms with Gasteiger partial charge in [-0.2, -0.15) is 4.31 Å². The quantitative estimate of drug-likeness (QED) is 0.880. The zero-order chi connectivity index (χ0) is 15.6. The van der Waals surface area contributed by atoms with Crippen LogP contribution in [-0.4, -0.2) is 61.1 Å². The van der Waals surface area contributed by atoms with Crippen LogP contribution in [0, 0.1) is 5.82 Å². The van der Waals surface area contributed by atoms with E-state index >= 15 is 0 Å².